The normalized spacial score (nSPS) is 13.3. The third-order valence-electron chi connectivity index (χ3n) is 1.96. The summed E-state index contributed by atoms with van der Waals surface area (Å²) in [6.07, 6.45) is 1.29. The van der Waals surface area contributed by atoms with E-state index in [1.807, 2.05) is 6.92 Å². The molecule has 1 unspecified atom stereocenters. The molecule has 0 fully saturated rings. The molecule has 0 aromatic heterocycles. The van der Waals surface area contributed by atoms with Crippen LogP contribution < -0.4 is 0 Å². The van der Waals surface area contributed by atoms with Gasteiger partial charge in [0.05, 0.1) is 0 Å². The maximum absolute atomic E-state index is 10.7. The van der Waals surface area contributed by atoms with Gasteiger partial charge in [-0.15, -0.1) is 0 Å². The van der Waals surface area contributed by atoms with Crippen molar-refractivity contribution in [1.82, 2.24) is 0 Å². The van der Waals surface area contributed by atoms with Crippen LogP contribution in [-0.2, 0) is 9.59 Å². The Labute approximate surface area is 79.8 Å². The van der Waals surface area contributed by atoms with Crippen LogP contribution in [-0.4, -0.2) is 31.7 Å². The number of aliphatic carboxylic acids is 2. The number of hydrogen-bond acceptors (Lipinski definition) is 2. The van der Waals surface area contributed by atoms with Crippen molar-refractivity contribution in [3.8, 4) is 0 Å². The molecular formula is C8H16O4Si. The number of carbonyl (C=O) groups is 2. The van der Waals surface area contributed by atoms with E-state index < -0.39 is 21.5 Å². The Morgan fingerprint density at radius 2 is 2.00 bits per heavy atom. The van der Waals surface area contributed by atoms with Crippen molar-refractivity contribution in [2.45, 2.75) is 37.8 Å². The van der Waals surface area contributed by atoms with E-state index in [0.717, 1.165) is 12.5 Å². The van der Waals surface area contributed by atoms with E-state index in [9.17, 15) is 9.59 Å². The van der Waals surface area contributed by atoms with Crippen LogP contribution in [0.15, 0.2) is 0 Å². The zero-order valence-corrected chi connectivity index (χ0v) is 9.24. The van der Waals surface area contributed by atoms with Gasteiger partial charge < -0.3 is 10.2 Å². The Bertz CT molecular complexity index is 181. The van der Waals surface area contributed by atoms with Gasteiger partial charge in [-0.3, -0.25) is 9.59 Å². The average molecular weight is 204 g/mol. The van der Waals surface area contributed by atoms with Crippen LogP contribution >= 0.6 is 0 Å². The molecule has 5 heteroatoms. The zero-order valence-electron chi connectivity index (χ0n) is 7.82. The van der Waals surface area contributed by atoms with Gasteiger partial charge in [0.25, 0.3) is 0 Å². The van der Waals surface area contributed by atoms with Crippen LogP contribution in [0.2, 0.25) is 11.6 Å². The van der Waals surface area contributed by atoms with Crippen LogP contribution in [0.5, 0.6) is 0 Å². The van der Waals surface area contributed by atoms with Crippen molar-refractivity contribution < 1.29 is 19.8 Å². The molecule has 4 nitrogen and oxygen atoms in total. The summed E-state index contributed by atoms with van der Waals surface area (Å²) >= 11 is 0. The monoisotopic (exact) mass is 204 g/mol. The van der Waals surface area contributed by atoms with Gasteiger partial charge in [-0.2, -0.15) is 0 Å². The molecule has 0 spiro atoms. The fraction of sp³-hybridized carbons (Fsp3) is 0.750. The van der Waals surface area contributed by atoms with Gasteiger partial charge in [0.15, 0.2) is 0 Å². The minimum Gasteiger partial charge on any atom is -0.481 e. The molecule has 0 aliphatic carbocycles. The number of rotatable bonds is 7. The molecule has 13 heavy (non-hydrogen) atoms. The Morgan fingerprint density at radius 3 is 2.38 bits per heavy atom. The summed E-state index contributed by atoms with van der Waals surface area (Å²) in [4.78, 5) is 20.9. The Morgan fingerprint density at radius 1 is 1.38 bits per heavy atom. The van der Waals surface area contributed by atoms with Crippen LogP contribution in [0.4, 0.5) is 0 Å². The highest BCUT2D eigenvalue weighted by molar-refractivity contribution is 6.43. The van der Waals surface area contributed by atoms with Gasteiger partial charge in [0.1, 0.15) is 0 Å². The first-order chi connectivity index (χ1) is 6.07. The molecule has 0 amide bonds. The predicted molar refractivity (Wildman–Crippen MR) is 51.9 cm³/mol. The first kappa shape index (κ1) is 12.2. The molecule has 0 radical (unpaired) electrons. The summed E-state index contributed by atoms with van der Waals surface area (Å²) in [7, 11) is -0.628. The second kappa shape index (κ2) is 6.65. The van der Waals surface area contributed by atoms with Crippen molar-refractivity contribution in [2.75, 3.05) is 0 Å². The van der Waals surface area contributed by atoms with Gasteiger partial charge in [0.2, 0.25) is 0 Å². The molecule has 0 aliphatic rings. The highest BCUT2D eigenvalue weighted by Crippen LogP contribution is 2.14. The molecule has 0 heterocycles. The highest BCUT2D eigenvalue weighted by Gasteiger charge is 2.17. The third-order valence-corrected chi connectivity index (χ3v) is 4.53. The van der Waals surface area contributed by atoms with Crippen LogP contribution in [0.25, 0.3) is 0 Å². The summed E-state index contributed by atoms with van der Waals surface area (Å²) in [6, 6.07) is 0.983. The van der Waals surface area contributed by atoms with E-state index in [1.54, 1.807) is 0 Å². The molecule has 0 saturated carbocycles. The second-order valence-electron chi connectivity index (χ2n) is 3.11. The fourth-order valence-electron chi connectivity index (χ4n) is 1.14. The van der Waals surface area contributed by atoms with Crippen LogP contribution in [0.3, 0.4) is 0 Å². The number of hydrogen-bond donors (Lipinski definition) is 2. The molecule has 2 N–H and O–H groups in total. The summed E-state index contributed by atoms with van der Waals surface area (Å²) in [5.41, 5.74) is -0.351. The van der Waals surface area contributed by atoms with Gasteiger partial charge in [-0.1, -0.05) is 19.4 Å². The quantitative estimate of drug-likeness (QED) is 0.599. The molecule has 0 aromatic rings. The lowest BCUT2D eigenvalue weighted by Crippen LogP contribution is -2.15. The SMILES string of the molecule is CCC[SiH2]C(CCC(=O)O)C(=O)O. The maximum atomic E-state index is 10.7. The molecule has 76 valence electrons. The van der Waals surface area contributed by atoms with E-state index >= 15 is 0 Å². The molecule has 0 rings (SSSR count). The fourth-order valence-corrected chi connectivity index (χ4v) is 2.78. The topological polar surface area (TPSA) is 74.6 Å². The number of carboxylic acid groups (broad SMARTS) is 2. The highest BCUT2D eigenvalue weighted by atomic mass is 28.2. The maximum Gasteiger partial charge on any atom is 0.303 e. The predicted octanol–water partition coefficient (Wildman–Crippen LogP) is 0.721. The Kier molecular flexibility index (Phi) is 6.22. The lowest BCUT2D eigenvalue weighted by molar-refractivity contribution is -0.138. The van der Waals surface area contributed by atoms with Crippen molar-refractivity contribution in [3.63, 3.8) is 0 Å². The van der Waals surface area contributed by atoms with Gasteiger partial charge in [-0.25, -0.2) is 0 Å². The number of carboxylic acids is 2. The molecule has 0 bridgehead atoms. The van der Waals surface area contributed by atoms with E-state index in [-0.39, 0.29) is 12.0 Å². The lowest BCUT2D eigenvalue weighted by Gasteiger charge is -2.08. The molecule has 0 aliphatic heterocycles. The summed E-state index contributed by atoms with van der Waals surface area (Å²) in [6.45, 7) is 2.02. The van der Waals surface area contributed by atoms with E-state index in [2.05, 4.69) is 0 Å². The van der Waals surface area contributed by atoms with Crippen molar-refractivity contribution in [2.24, 2.45) is 0 Å². The summed E-state index contributed by atoms with van der Waals surface area (Å²) in [5, 5.41) is 17.1. The van der Waals surface area contributed by atoms with Crippen molar-refractivity contribution >= 4 is 21.5 Å². The van der Waals surface area contributed by atoms with E-state index in [0.29, 0.717) is 6.42 Å². The van der Waals surface area contributed by atoms with Gasteiger partial charge in [-0.05, 0) is 6.42 Å². The van der Waals surface area contributed by atoms with E-state index in [1.165, 1.54) is 0 Å². The van der Waals surface area contributed by atoms with Gasteiger partial charge in [0, 0.05) is 21.5 Å². The molecular weight excluding hydrogens is 188 g/mol. The summed E-state index contributed by atoms with van der Waals surface area (Å²) < 4.78 is 0. The van der Waals surface area contributed by atoms with Gasteiger partial charge >= 0.3 is 11.9 Å². The minimum absolute atomic E-state index is 0.0202. The first-order valence-electron chi connectivity index (χ1n) is 4.52. The molecule has 1 atom stereocenters. The van der Waals surface area contributed by atoms with Crippen molar-refractivity contribution in [3.05, 3.63) is 0 Å². The molecule has 0 aromatic carbocycles. The second-order valence-corrected chi connectivity index (χ2v) is 5.38. The Balaban J connectivity index is 3.80. The Hall–Kier alpha value is -0.843. The van der Waals surface area contributed by atoms with Crippen molar-refractivity contribution in [1.29, 1.82) is 0 Å². The largest absolute Gasteiger partial charge is 0.481 e. The zero-order chi connectivity index (χ0) is 10.3. The molecule has 0 saturated heterocycles. The smallest absolute Gasteiger partial charge is 0.303 e. The van der Waals surface area contributed by atoms with E-state index in [4.69, 9.17) is 10.2 Å². The van der Waals surface area contributed by atoms with Crippen LogP contribution in [0, 0.1) is 0 Å². The average Bonchev–Trinajstić information content (AvgIpc) is 2.03. The minimum atomic E-state index is -0.906. The first-order valence-corrected chi connectivity index (χ1v) is 6.34. The summed E-state index contributed by atoms with van der Waals surface area (Å²) in [5.74, 6) is -1.72. The standard InChI is InChI=1S/C8H16O4Si/c1-2-5-13-6(8(11)12)3-4-7(9)10/h6H,2-5,13H2,1H3,(H,9,10)(H,11,12). The van der Waals surface area contributed by atoms with Crippen LogP contribution in [0.1, 0.15) is 26.2 Å². The lowest BCUT2D eigenvalue weighted by atomic mass is 10.2. The third kappa shape index (κ3) is 6.33.